The Morgan fingerprint density at radius 3 is 2.82 bits per heavy atom. The van der Waals surface area contributed by atoms with Crippen molar-refractivity contribution in [2.75, 3.05) is 6.54 Å². The first-order valence-corrected chi connectivity index (χ1v) is 7.15. The number of nitrogens with zero attached hydrogens (tertiary/aromatic N) is 1. The van der Waals surface area contributed by atoms with Crippen LogP contribution < -0.4 is 0 Å². The van der Waals surface area contributed by atoms with Gasteiger partial charge in [0.2, 0.25) is 0 Å². The van der Waals surface area contributed by atoms with E-state index in [1.807, 2.05) is 0 Å². The number of hydrogen-bond acceptors (Lipinski definition) is 1. The van der Waals surface area contributed by atoms with Crippen molar-refractivity contribution >= 4 is 33.8 Å². The van der Waals surface area contributed by atoms with Gasteiger partial charge in [0.25, 0.3) is 0 Å². The summed E-state index contributed by atoms with van der Waals surface area (Å²) in [7, 11) is 0. The average molecular weight is 340 g/mol. The van der Waals surface area contributed by atoms with E-state index in [0.29, 0.717) is 5.92 Å². The summed E-state index contributed by atoms with van der Waals surface area (Å²) in [6.07, 6.45) is 1.18. The predicted octanol–water partition coefficient (Wildman–Crippen LogP) is 4.00. The number of aromatic nitrogens is 1. The molecule has 90 valence electrons. The number of fused-ring (bicyclic) bond motifs is 2. The van der Waals surface area contributed by atoms with E-state index in [9.17, 15) is 0 Å². The van der Waals surface area contributed by atoms with Gasteiger partial charge in [0.15, 0.2) is 0 Å². The van der Waals surface area contributed by atoms with Crippen LogP contribution in [-0.2, 0) is 13.0 Å². The Kier molecular flexibility index (Phi) is 2.91. The Balaban J connectivity index is 2.12. The van der Waals surface area contributed by atoms with Crippen LogP contribution in [-0.4, -0.2) is 14.6 Å². The Morgan fingerprint density at radius 2 is 2.06 bits per heavy atom. The number of hydrogen-bond donors (Lipinski definition) is 1. The first-order valence-electron chi connectivity index (χ1n) is 6.18. The van der Waals surface area contributed by atoms with Crippen LogP contribution in [0.1, 0.15) is 36.6 Å². The zero-order valence-corrected chi connectivity index (χ0v) is 12.4. The van der Waals surface area contributed by atoms with E-state index < -0.39 is 0 Å². The standard InChI is InChI=1S/C14H17IN2/c1-9(2)13-6-11-5-10-3-4-17(15)8-12(10)7-14(11)16-13/h5-7,9,16H,3-4,8H2,1-2H3. The lowest BCUT2D eigenvalue weighted by molar-refractivity contribution is 0.481. The highest BCUT2D eigenvalue weighted by molar-refractivity contribution is 14.1. The van der Waals surface area contributed by atoms with E-state index in [-0.39, 0.29) is 0 Å². The predicted molar refractivity (Wildman–Crippen MR) is 80.5 cm³/mol. The summed E-state index contributed by atoms with van der Waals surface area (Å²) in [4.78, 5) is 3.54. The zero-order valence-electron chi connectivity index (χ0n) is 10.3. The average Bonchev–Trinajstić information content (AvgIpc) is 2.68. The van der Waals surface area contributed by atoms with Crippen LogP contribution in [0.3, 0.4) is 0 Å². The molecule has 1 N–H and O–H groups in total. The number of nitrogens with one attached hydrogen (secondary N) is 1. The second-order valence-corrected chi connectivity index (χ2v) is 6.55. The summed E-state index contributed by atoms with van der Waals surface area (Å²) in [5.74, 6) is 0.570. The zero-order chi connectivity index (χ0) is 12.0. The van der Waals surface area contributed by atoms with Gasteiger partial charge in [-0.15, -0.1) is 0 Å². The van der Waals surface area contributed by atoms with E-state index in [1.54, 1.807) is 0 Å². The van der Waals surface area contributed by atoms with Crippen LogP contribution in [0.4, 0.5) is 0 Å². The molecule has 0 amide bonds. The smallest absolute Gasteiger partial charge is 0.0459 e. The first-order chi connectivity index (χ1) is 8.13. The fourth-order valence-corrected chi connectivity index (χ4v) is 3.10. The van der Waals surface area contributed by atoms with E-state index in [2.05, 4.69) is 63.0 Å². The minimum absolute atomic E-state index is 0.570. The quantitative estimate of drug-likeness (QED) is 0.614. The molecule has 1 aliphatic heterocycles. The second kappa shape index (κ2) is 4.28. The number of benzene rings is 1. The van der Waals surface area contributed by atoms with Gasteiger partial charge in [-0.05, 0) is 47.1 Å². The molecule has 0 spiro atoms. The highest BCUT2D eigenvalue weighted by Crippen LogP contribution is 2.28. The fraction of sp³-hybridized carbons (Fsp3) is 0.429. The van der Waals surface area contributed by atoms with Gasteiger partial charge in [0.05, 0.1) is 0 Å². The van der Waals surface area contributed by atoms with E-state index in [4.69, 9.17) is 0 Å². The van der Waals surface area contributed by atoms with Crippen molar-refractivity contribution in [1.82, 2.24) is 8.10 Å². The van der Waals surface area contributed by atoms with Crippen LogP contribution in [0.2, 0.25) is 0 Å². The van der Waals surface area contributed by atoms with Gasteiger partial charge < -0.3 is 4.98 Å². The summed E-state index contributed by atoms with van der Waals surface area (Å²) >= 11 is 2.42. The van der Waals surface area contributed by atoms with E-state index >= 15 is 0 Å². The molecule has 0 radical (unpaired) electrons. The summed E-state index contributed by atoms with van der Waals surface area (Å²) in [5.41, 5.74) is 5.64. The number of rotatable bonds is 1. The van der Waals surface area contributed by atoms with Crippen molar-refractivity contribution in [2.45, 2.75) is 32.7 Å². The Labute approximate surface area is 116 Å². The van der Waals surface area contributed by atoms with Crippen LogP contribution in [0.25, 0.3) is 10.9 Å². The lowest BCUT2D eigenvalue weighted by Crippen LogP contribution is -2.21. The molecule has 0 unspecified atom stereocenters. The number of halogens is 1. The molecular formula is C14H17IN2. The molecule has 1 aromatic carbocycles. The van der Waals surface area contributed by atoms with Crippen LogP contribution in [0, 0.1) is 0 Å². The molecule has 0 saturated heterocycles. The van der Waals surface area contributed by atoms with Crippen LogP contribution in [0.5, 0.6) is 0 Å². The largest absolute Gasteiger partial charge is 0.358 e. The van der Waals surface area contributed by atoms with Gasteiger partial charge in [-0.3, -0.25) is 0 Å². The van der Waals surface area contributed by atoms with Crippen LogP contribution >= 0.6 is 22.9 Å². The lowest BCUT2D eigenvalue weighted by atomic mass is 9.99. The molecule has 2 nitrogen and oxygen atoms in total. The van der Waals surface area contributed by atoms with Gasteiger partial charge in [0.1, 0.15) is 0 Å². The molecule has 0 atom stereocenters. The van der Waals surface area contributed by atoms with Crippen molar-refractivity contribution in [3.8, 4) is 0 Å². The monoisotopic (exact) mass is 340 g/mol. The normalized spacial score (nSPS) is 16.7. The Morgan fingerprint density at radius 1 is 1.24 bits per heavy atom. The molecule has 1 aromatic heterocycles. The number of H-pyrrole nitrogens is 1. The molecule has 0 fully saturated rings. The third-order valence-electron chi connectivity index (χ3n) is 3.55. The Hall–Kier alpha value is -0.550. The molecule has 2 aromatic rings. The topological polar surface area (TPSA) is 19.0 Å². The highest BCUT2D eigenvalue weighted by atomic mass is 127. The summed E-state index contributed by atoms with van der Waals surface area (Å²) < 4.78 is 2.36. The summed E-state index contributed by atoms with van der Waals surface area (Å²) in [6.45, 7) is 6.71. The van der Waals surface area contributed by atoms with Gasteiger partial charge in [0, 0.05) is 47.2 Å². The van der Waals surface area contributed by atoms with E-state index in [1.165, 1.54) is 40.7 Å². The van der Waals surface area contributed by atoms with Gasteiger partial charge >= 0.3 is 0 Å². The molecule has 3 rings (SSSR count). The summed E-state index contributed by atoms with van der Waals surface area (Å²) in [6, 6.07) is 7.01. The maximum atomic E-state index is 3.54. The number of aromatic amines is 1. The molecule has 3 heteroatoms. The third kappa shape index (κ3) is 2.10. The molecule has 2 heterocycles. The van der Waals surface area contributed by atoms with Crippen molar-refractivity contribution in [1.29, 1.82) is 0 Å². The molecule has 17 heavy (non-hydrogen) atoms. The Bertz CT molecular complexity index is 557. The molecule has 0 aliphatic carbocycles. The SMILES string of the molecule is CC(C)c1cc2cc3c(cc2[nH]1)CN(I)CC3. The summed E-state index contributed by atoms with van der Waals surface area (Å²) in [5, 5.41) is 1.37. The van der Waals surface area contributed by atoms with Gasteiger partial charge in [-0.25, -0.2) is 3.11 Å². The molecule has 0 saturated carbocycles. The van der Waals surface area contributed by atoms with Crippen LogP contribution in [0.15, 0.2) is 18.2 Å². The molecular weight excluding hydrogens is 323 g/mol. The molecule has 0 bridgehead atoms. The fourth-order valence-electron chi connectivity index (χ4n) is 2.49. The first kappa shape index (κ1) is 11.5. The van der Waals surface area contributed by atoms with Crippen molar-refractivity contribution < 1.29 is 0 Å². The highest BCUT2D eigenvalue weighted by Gasteiger charge is 2.16. The third-order valence-corrected chi connectivity index (χ3v) is 4.37. The van der Waals surface area contributed by atoms with E-state index in [0.717, 1.165) is 6.54 Å². The van der Waals surface area contributed by atoms with Crippen molar-refractivity contribution in [3.05, 3.63) is 35.0 Å². The van der Waals surface area contributed by atoms with Gasteiger partial charge in [-0.2, -0.15) is 0 Å². The van der Waals surface area contributed by atoms with Crippen molar-refractivity contribution in [2.24, 2.45) is 0 Å². The maximum Gasteiger partial charge on any atom is 0.0459 e. The van der Waals surface area contributed by atoms with Gasteiger partial charge in [-0.1, -0.05) is 13.8 Å². The molecule has 1 aliphatic rings. The minimum atomic E-state index is 0.570. The second-order valence-electron chi connectivity index (χ2n) is 5.18. The minimum Gasteiger partial charge on any atom is -0.358 e. The maximum absolute atomic E-state index is 3.54. The lowest BCUT2D eigenvalue weighted by Gasteiger charge is -2.23. The van der Waals surface area contributed by atoms with Crippen molar-refractivity contribution in [3.63, 3.8) is 0 Å².